The molecule has 1 N–H and O–H groups in total. The number of likely N-dealkylation sites (tertiary alicyclic amines) is 1. The van der Waals surface area contributed by atoms with E-state index in [1.54, 1.807) is 12.3 Å². The second kappa shape index (κ2) is 17.2. The Kier molecular flexibility index (Phi) is 13.0. The first-order valence-electron chi connectivity index (χ1n) is 17.1. The second-order valence-electron chi connectivity index (χ2n) is 12.2. The van der Waals surface area contributed by atoms with Gasteiger partial charge in [-0.05, 0) is 56.1 Å². The van der Waals surface area contributed by atoms with E-state index in [1.165, 1.54) is 6.42 Å². The van der Waals surface area contributed by atoms with Crippen LogP contribution in [0.3, 0.4) is 0 Å². The van der Waals surface area contributed by atoms with Crippen molar-refractivity contribution < 1.29 is 9.59 Å². The number of carbonyl (C=O) groups is 2. The van der Waals surface area contributed by atoms with Gasteiger partial charge in [-0.1, -0.05) is 65.0 Å². The number of aliphatic imine (C=N–C) groups is 1. The minimum atomic E-state index is -0.219. The van der Waals surface area contributed by atoms with Crippen LogP contribution in [0.15, 0.2) is 66.3 Å². The van der Waals surface area contributed by atoms with Gasteiger partial charge >= 0.3 is 0 Å². The number of nitrogens with zero attached hydrogens (tertiary/aromatic N) is 5. The van der Waals surface area contributed by atoms with Gasteiger partial charge in [-0.3, -0.25) is 19.5 Å². The van der Waals surface area contributed by atoms with Gasteiger partial charge in [0.25, 0.3) is 5.91 Å². The van der Waals surface area contributed by atoms with Crippen molar-refractivity contribution >= 4 is 40.7 Å². The second-order valence-corrected chi connectivity index (χ2v) is 12.2. The van der Waals surface area contributed by atoms with Crippen LogP contribution in [0.5, 0.6) is 0 Å². The molecule has 4 heterocycles. The number of anilines is 2. The molecule has 1 atom stereocenters. The topological polar surface area (TPSA) is 81.1 Å². The number of pyridine rings is 1. The number of nitrogens with one attached hydrogen (secondary N) is 1. The summed E-state index contributed by atoms with van der Waals surface area (Å²) in [5.74, 6) is 0.645. The summed E-state index contributed by atoms with van der Waals surface area (Å²) in [6.07, 6.45) is 15.6. The fraction of sp³-hybridized carbons (Fsp3) is 0.474. The van der Waals surface area contributed by atoms with E-state index in [0.29, 0.717) is 30.3 Å². The Labute approximate surface area is 276 Å². The maximum absolute atomic E-state index is 13.4. The monoisotopic (exact) mass is 624 g/mol. The molecule has 4 aliphatic rings. The molecule has 1 unspecified atom stereocenters. The highest BCUT2D eigenvalue weighted by atomic mass is 16.2. The molecule has 3 aliphatic heterocycles. The maximum Gasteiger partial charge on any atom is 0.253 e. The lowest BCUT2D eigenvalue weighted by atomic mass is 9.92. The lowest BCUT2D eigenvalue weighted by Crippen LogP contribution is -2.52. The van der Waals surface area contributed by atoms with Gasteiger partial charge in [0, 0.05) is 80.8 Å². The molecule has 6 rings (SSSR count). The van der Waals surface area contributed by atoms with Crippen molar-refractivity contribution in [1.82, 2.24) is 19.7 Å². The summed E-state index contributed by atoms with van der Waals surface area (Å²) in [7, 11) is 2.18. The van der Waals surface area contributed by atoms with Crippen LogP contribution in [0.25, 0.3) is 6.08 Å². The number of piperidine rings is 1. The van der Waals surface area contributed by atoms with Crippen molar-refractivity contribution in [2.75, 3.05) is 51.6 Å². The predicted octanol–water partition coefficient (Wildman–Crippen LogP) is 7.09. The van der Waals surface area contributed by atoms with Crippen LogP contribution in [0.1, 0.15) is 74.9 Å². The molecule has 246 valence electrons. The number of amides is 1. The van der Waals surface area contributed by atoms with E-state index in [1.807, 2.05) is 67.3 Å². The Morgan fingerprint density at radius 1 is 1.04 bits per heavy atom. The molecule has 0 spiro atoms. The van der Waals surface area contributed by atoms with E-state index in [4.69, 9.17) is 4.99 Å². The first kappa shape index (κ1) is 35.0. The van der Waals surface area contributed by atoms with E-state index < -0.39 is 0 Å². The number of ketones is 1. The molecule has 0 bridgehead atoms. The average molecular weight is 625 g/mol. The Morgan fingerprint density at radius 3 is 2.46 bits per heavy atom. The number of likely N-dealkylation sites (N-methyl/N-ethyl adjacent to an activating group) is 1. The third kappa shape index (κ3) is 8.68. The molecule has 1 aromatic heterocycles. The van der Waals surface area contributed by atoms with E-state index in [0.717, 1.165) is 80.3 Å². The Hall–Kier alpha value is -3.88. The standard InChI is InChI=1S/C33H38N6O2.C3H8.C2H6/c1-3-23-19-24(33(41)39-13-11-26(12-14-39)38-17-15-37(2)16-18-38)9-10-28(23)36-32-21-30-25(22-34-32)20-31(40)27-7-5-4-6-8-29(27)35-30;1-3-2;1-2/h3-6,8-10,19,21-22,26-27H,1,7,11-18,20H2,2H3,(H,34,36);3H2,1-2H3;1-2H3. The van der Waals surface area contributed by atoms with Crippen molar-refractivity contribution in [1.29, 1.82) is 0 Å². The lowest BCUT2D eigenvalue weighted by molar-refractivity contribution is -0.120. The number of hydrogen-bond donors (Lipinski definition) is 1. The summed E-state index contributed by atoms with van der Waals surface area (Å²) in [4.78, 5) is 42.7. The molecule has 2 saturated heterocycles. The average Bonchev–Trinajstić information content (AvgIpc) is 3.39. The summed E-state index contributed by atoms with van der Waals surface area (Å²) < 4.78 is 0. The first-order valence-corrected chi connectivity index (χ1v) is 17.1. The Bertz CT molecular complexity index is 1450. The third-order valence-corrected chi connectivity index (χ3v) is 8.79. The lowest BCUT2D eigenvalue weighted by Gasteiger charge is -2.42. The van der Waals surface area contributed by atoms with Gasteiger partial charge in [-0.25, -0.2) is 4.98 Å². The molecule has 46 heavy (non-hydrogen) atoms. The summed E-state index contributed by atoms with van der Waals surface area (Å²) in [6.45, 7) is 18.3. The smallest absolute Gasteiger partial charge is 0.253 e. The largest absolute Gasteiger partial charge is 0.340 e. The van der Waals surface area contributed by atoms with Gasteiger partial charge in [-0.15, -0.1) is 0 Å². The highest BCUT2D eigenvalue weighted by Gasteiger charge is 2.30. The van der Waals surface area contributed by atoms with Crippen LogP contribution in [-0.4, -0.2) is 89.4 Å². The molecule has 8 nitrogen and oxygen atoms in total. The normalized spacial score (nSPS) is 20.0. The molecule has 0 saturated carbocycles. The van der Waals surface area contributed by atoms with Crippen LogP contribution < -0.4 is 5.32 Å². The van der Waals surface area contributed by atoms with Crippen molar-refractivity contribution in [3.05, 3.63) is 78.0 Å². The SMILES string of the molecule is C=Cc1cc(C(=O)N2CCC(N3CCN(C)CC3)CC2)ccc1Nc1cc2c(cn1)CC(=O)C1CC=CC=CC1=N2.CC.CCC. The summed E-state index contributed by atoms with van der Waals surface area (Å²) in [5, 5.41) is 3.38. The molecule has 8 heteroatoms. The number of allylic oxidation sites excluding steroid dienone is 4. The molecule has 1 aromatic carbocycles. The maximum atomic E-state index is 13.4. The fourth-order valence-corrected chi connectivity index (χ4v) is 6.25. The minimum Gasteiger partial charge on any atom is -0.340 e. The molecule has 2 fully saturated rings. The predicted molar refractivity (Wildman–Crippen MR) is 192 cm³/mol. The molecular formula is C38H52N6O2. The van der Waals surface area contributed by atoms with Gasteiger partial charge in [0.2, 0.25) is 0 Å². The number of Topliss-reactive ketones (excluding diaryl/α,β-unsaturated/α-hetero) is 1. The third-order valence-electron chi connectivity index (χ3n) is 8.79. The molecule has 2 aromatic rings. The van der Waals surface area contributed by atoms with Crippen molar-refractivity contribution in [3.8, 4) is 0 Å². The van der Waals surface area contributed by atoms with Crippen molar-refractivity contribution in [3.63, 3.8) is 0 Å². The number of benzene rings is 1. The first-order chi connectivity index (χ1) is 22.4. The van der Waals surface area contributed by atoms with Crippen LogP contribution in [0.2, 0.25) is 0 Å². The number of piperazine rings is 1. The molecule has 0 radical (unpaired) electrons. The van der Waals surface area contributed by atoms with E-state index in [9.17, 15) is 9.59 Å². The molecule has 1 aliphatic carbocycles. The van der Waals surface area contributed by atoms with E-state index in [2.05, 4.69) is 47.6 Å². The highest BCUT2D eigenvalue weighted by Crippen LogP contribution is 2.32. The van der Waals surface area contributed by atoms with Crippen molar-refractivity contribution in [2.24, 2.45) is 10.9 Å². The molecular weight excluding hydrogens is 572 g/mol. The number of carbonyl (C=O) groups excluding carboxylic acids is 2. The van der Waals surface area contributed by atoms with Gasteiger partial charge in [-0.2, -0.15) is 0 Å². The summed E-state index contributed by atoms with van der Waals surface area (Å²) in [6, 6.07) is 8.15. The van der Waals surface area contributed by atoms with Gasteiger partial charge < -0.3 is 15.1 Å². The van der Waals surface area contributed by atoms with Gasteiger partial charge in [0.05, 0.1) is 17.3 Å². The zero-order chi connectivity index (χ0) is 33.1. The molecule has 1 amide bonds. The van der Waals surface area contributed by atoms with Crippen LogP contribution in [0.4, 0.5) is 17.2 Å². The van der Waals surface area contributed by atoms with Gasteiger partial charge in [0.15, 0.2) is 0 Å². The van der Waals surface area contributed by atoms with Crippen LogP contribution in [-0.2, 0) is 11.2 Å². The van der Waals surface area contributed by atoms with Crippen LogP contribution >= 0.6 is 0 Å². The van der Waals surface area contributed by atoms with Crippen molar-refractivity contribution in [2.45, 2.75) is 65.8 Å². The Morgan fingerprint density at radius 2 is 1.76 bits per heavy atom. The summed E-state index contributed by atoms with van der Waals surface area (Å²) in [5.41, 5.74) is 4.69. The van der Waals surface area contributed by atoms with Crippen LogP contribution in [0, 0.1) is 5.92 Å². The number of fused-ring (bicyclic) bond motifs is 2. The fourth-order valence-electron chi connectivity index (χ4n) is 6.25. The van der Waals surface area contributed by atoms with E-state index >= 15 is 0 Å². The zero-order valence-electron chi connectivity index (χ0n) is 28.5. The number of aromatic nitrogens is 1. The summed E-state index contributed by atoms with van der Waals surface area (Å²) >= 11 is 0. The van der Waals surface area contributed by atoms with E-state index in [-0.39, 0.29) is 17.6 Å². The zero-order valence-corrected chi connectivity index (χ0v) is 28.5. The number of hydrogen-bond acceptors (Lipinski definition) is 7. The highest BCUT2D eigenvalue weighted by molar-refractivity contribution is 6.13. The number of rotatable bonds is 5. The quantitative estimate of drug-likeness (QED) is 0.383. The Balaban J connectivity index is 0.000000908. The minimum absolute atomic E-state index is 0.0700. The van der Waals surface area contributed by atoms with Gasteiger partial charge in [0.1, 0.15) is 11.6 Å².